The molecule has 3 rings (SSSR count). The fraction of sp³-hybridized carbons (Fsp3) is 0.647. The van der Waals surface area contributed by atoms with E-state index in [2.05, 4.69) is 36.1 Å². The number of rotatable bonds is 1. The molecule has 1 heterocycles. The summed E-state index contributed by atoms with van der Waals surface area (Å²) in [5.41, 5.74) is 9.45. The Hall–Kier alpha value is -0.860. The quantitative estimate of drug-likeness (QED) is 0.836. The first-order chi connectivity index (χ1) is 9.27. The van der Waals surface area contributed by atoms with E-state index < -0.39 is 0 Å². The van der Waals surface area contributed by atoms with Crippen molar-refractivity contribution in [1.29, 1.82) is 0 Å². The van der Waals surface area contributed by atoms with Crippen molar-refractivity contribution in [2.45, 2.75) is 57.0 Å². The van der Waals surface area contributed by atoms with Crippen molar-refractivity contribution >= 4 is 0 Å². The van der Waals surface area contributed by atoms with Crippen molar-refractivity contribution in [2.75, 3.05) is 13.1 Å². The summed E-state index contributed by atoms with van der Waals surface area (Å²) >= 11 is 0. The van der Waals surface area contributed by atoms with E-state index in [0.717, 1.165) is 0 Å². The Morgan fingerprint density at radius 3 is 2.32 bits per heavy atom. The first kappa shape index (κ1) is 13.1. The van der Waals surface area contributed by atoms with Crippen LogP contribution in [-0.4, -0.2) is 24.0 Å². The van der Waals surface area contributed by atoms with Gasteiger partial charge in [0.2, 0.25) is 0 Å². The average molecular weight is 258 g/mol. The molecule has 3 unspecified atom stereocenters. The van der Waals surface area contributed by atoms with Crippen molar-refractivity contribution in [3.8, 4) is 0 Å². The normalized spacial score (nSPS) is 32.6. The molecule has 104 valence electrons. The Labute approximate surface area is 117 Å². The van der Waals surface area contributed by atoms with Crippen LogP contribution < -0.4 is 5.73 Å². The number of nitrogens with two attached hydrogens (primary N) is 1. The van der Waals surface area contributed by atoms with Crippen LogP contribution in [0.1, 0.15) is 62.1 Å². The van der Waals surface area contributed by atoms with Gasteiger partial charge in [-0.2, -0.15) is 0 Å². The Morgan fingerprint density at radius 2 is 1.63 bits per heavy atom. The molecule has 1 aromatic rings. The Bertz CT molecular complexity index is 421. The molecule has 0 radical (unpaired) electrons. The number of hydrogen-bond acceptors (Lipinski definition) is 2. The highest BCUT2D eigenvalue weighted by atomic mass is 15.2. The van der Waals surface area contributed by atoms with Crippen LogP contribution in [0.3, 0.4) is 0 Å². The smallest absolute Gasteiger partial charge is 0.0456 e. The summed E-state index contributed by atoms with van der Waals surface area (Å²) in [5.74, 6) is 0.643. The number of likely N-dealkylation sites (tertiary alicyclic amines) is 1. The fourth-order valence-corrected chi connectivity index (χ4v) is 3.91. The van der Waals surface area contributed by atoms with Gasteiger partial charge >= 0.3 is 0 Å². The van der Waals surface area contributed by atoms with Gasteiger partial charge in [0.1, 0.15) is 0 Å². The lowest BCUT2D eigenvalue weighted by molar-refractivity contribution is 0.152. The van der Waals surface area contributed by atoms with Crippen molar-refractivity contribution in [3.05, 3.63) is 35.4 Å². The summed E-state index contributed by atoms with van der Waals surface area (Å²) in [6, 6.07) is 9.53. The van der Waals surface area contributed by atoms with Crippen LogP contribution in [-0.2, 0) is 0 Å². The summed E-state index contributed by atoms with van der Waals surface area (Å²) in [4.78, 5) is 2.67. The molecule has 2 heteroatoms. The van der Waals surface area contributed by atoms with E-state index >= 15 is 0 Å². The topological polar surface area (TPSA) is 29.3 Å². The van der Waals surface area contributed by atoms with Crippen molar-refractivity contribution in [1.82, 2.24) is 4.90 Å². The van der Waals surface area contributed by atoms with Gasteiger partial charge < -0.3 is 5.73 Å². The molecule has 0 spiro atoms. The highest BCUT2D eigenvalue weighted by Crippen LogP contribution is 2.38. The second-order valence-corrected chi connectivity index (χ2v) is 6.31. The molecular formula is C17H26N2. The van der Waals surface area contributed by atoms with Gasteiger partial charge in [0.05, 0.1) is 0 Å². The first-order valence-electron chi connectivity index (χ1n) is 7.86. The maximum Gasteiger partial charge on any atom is 0.0456 e. The van der Waals surface area contributed by atoms with E-state index in [1.165, 1.54) is 56.3 Å². The Morgan fingerprint density at radius 1 is 1.00 bits per heavy atom. The minimum Gasteiger partial charge on any atom is -0.323 e. The Balaban J connectivity index is 1.84. The molecule has 0 aromatic heterocycles. The Kier molecular flexibility index (Phi) is 3.90. The number of fused-ring (bicyclic) bond motifs is 1. The predicted octanol–water partition coefficient (Wildman–Crippen LogP) is 3.44. The number of benzene rings is 1. The third kappa shape index (κ3) is 2.56. The molecule has 0 saturated carbocycles. The minimum absolute atomic E-state index is 0.200. The van der Waals surface area contributed by atoms with Crippen molar-refractivity contribution in [2.24, 2.45) is 5.73 Å². The molecule has 1 aliphatic carbocycles. The molecule has 1 fully saturated rings. The van der Waals surface area contributed by atoms with Crippen LogP contribution in [0.2, 0.25) is 0 Å². The lowest BCUT2D eigenvalue weighted by atomic mass is 9.77. The zero-order valence-corrected chi connectivity index (χ0v) is 12.0. The zero-order chi connectivity index (χ0) is 13.2. The summed E-state index contributed by atoms with van der Waals surface area (Å²) in [7, 11) is 0. The monoisotopic (exact) mass is 258 g/mol. The molecule has 3 atom stereocenters. The van der Waals surface area contributed by atoms with E-state index in [0.29, 0.717) is 12.0 Å². The molecular weight excluding hydrogens is 232 g/mol. The predicted molar refractivity (Wildman–Crippen MR) is 80.2 cm³/mol. The molecule has 0 bridgehead atoms. The summed E-state index contributed by atoms with van der Waals surface area (Å²) in [6.07, 6.45) is 6.70. The van der Waals surface area contributed by atoms with Crippen LogP contribution >= 0.6 is 0 Å². The fourth-order valence-electron chi connectivity index (χ4n) is 3.91. The summed E-state index contributed by atoms with van der Waals surface area (Å²) in [5, 5.41) is 0. The highest BCUT2D eigenvalue weighted by Gasteiger charge is 2.34. The van der Waals surface area contributed by atoms with Gasteiger partial charge in [-0.15, -0.1) is 0 Å². The molecule has 1 saturated heterocycles. The molecule has 1 aromatic carbocycles. The number of hydrogen-bond donors (Lipinski definition) is 1. The molecule has 2 N–H and O–H groups in total. The van der Waals surface area contributed by atoms with Gasteiger partial charge in [-0.25, -0.2) is 0 Å². The number of nitrogens with zero attached hydrogens (tertiary/aromatic N) is 1. The van der Waals surface area contributed by atoms with Gasteiger partial charge in [0.25, 0.3) is 0 Å². The van der Waals surface area contributed by atoms with Gasteiger partial charge in [-0.3, -0.25) is 4.90 Å². The van der Waals surface area contributed by atoms with E-state index in [1.54, 1.807) is 0 Å². The minimum atomic E-state index is 0.200. The highest BCUT2D eigenvalue weighted by molar-refractivity contribution is 5.36. The summed E-state index contributed by atoms with van der Waals surface area (Å²) in [6.45, 7) is 4.84. The van der Waals surface area contributed by atoms with Crippen LogP contribution in [0.15, 0.2) is 24.3 Å². The van der Waals surface area contributed by atoms with Crippen LogP contribution in [0, 0.1) is 0 Å². The molecule has 2 nitrogen and oxygen atoms in total. The molecule has 1 aliphatic heterocycles. The lowest BCUT2D eigenvalue weighted by Crippen LogP contribution is -2.46. The molecule has 2 aliphatic rings. The third-order valence-corrected chi connectivity index (χ3v) is 5.01. The van der Waals surface area contributed by atoms with Gasteiger partial charge in [0.15, 0.2) is 0 Å². The zero-order valence-electron chi connectivity index (χ0n) is 12.0. The summed E-state index contributed by atoms with van der Waals surface area (Å²) < 4.78 is 0. The second kappa shape index (κ2) is 5.64. The largest absolute Gasteiger partial charge is 0.323 e. The molecule has 19 heavy (non-hydrogen) atoms. The molecule has 0 amide bonds. The van der Waals surface area contributed by atoms with Crippen LogP contribution in [0.25, 0.3) is 0 Å². The van der Waals surface area contributed by atoms with Gasteiger partial charge in [-0.1, -0.05) is 44.0 Å². The van der Waals surface area contributed by atoms with Crippen molar-refractivity contribution < 1.29 is 0 Å². The lowest BCUT2D eigenvalue weighted by Gasteiger charge is -2.41. The van der Waals surface area contributed by atoms with Gasteiger partial charge in [-0.05, 0) is 49.4 Å². The van der Waals surface area contributed by atoms with E-state index in [1.807, 2.05) is 0 Å². The average Bonchev–Trinajstić information content (AvgIpc) is 2.72. The van der Waals surface area contributed by atoms with Crippen LogP contribution in [0.5, 0.6) is 0 Å². The SMILES string of the molecule is CC1CC(N2CCCCCC2)C(N)c2ccccc21. The van der Waals surface area contributed by atoms with E-state index in [4.69, 9.17) is 5.73 Å². The maximum absolute atomic E-state index is 6.59. The standard InChI is InChI=1S/C17H26N2/c1-13-12-16(19-10-6-2-3-7-11-19)17(18)15-9-5-4-8-14(13)15/h4-5,8-9,13,16-17H,2-3,6-7,10-12,18H2,1H3. The maximum atomic E-state index is 6.59. The third-order valence-electron chi connectivity index (χ3n) is 5.01. The van der Waals surface area contributed by atoms with Crippen molar-refractivity contribution in [3.63, 3.8) is 0 Å². The van der Waals surface area contributed by atoms with Gasteiger partial charge in [0, 0.05) is 12.1 Å². The van der Waals surface area contributed by atoms with E-state index in [9.17, 15) is 0 Å². The first-order valence-corrected chi connectivity index (χ1v) is 7.86. The van der Waals surface area contributed by atoms with E-state index in [-0.39, 0.29) is 6.04 Å². The van der Waals surface area contributed by atoms with Crippen LogP contribution in [0.4, 0.5) is 0 Å². The second-order valence-electron chi connectivity index (χ2n) is 6.31.